The number of hydrogen-bond donors (Lipinski definition) is 1. The molecule has 2 aromatic rings. The van der Waals surface area contributed by atoms with Crippen molar-refractivity contribution in [3.05, 3.63) is 52.8 Å². The van der Waals surface area contributed by atoms with Gasteiger partial charge in [-0.1, -0.05) is 24.3 Å². The molecule has 1 aliphatic rings. The average Bonchev–Trinajstić information content (AvgIpc) is 2.72. The van der Waals surface area contributed by atoms with Gasteiger partial charge in [-0.25, -0.2) is 0 Å². The Balaban J connectivity index is 1.83. The lowest BCUT2D eigenvalue weighted by Crippen LogP contribution is -2.23. The zero-order valence-corrected chi connectivity index (χ0v) is 11.5. The summed E-state index contributed by atoms with van der Waals surface area (Å²) in [6.07, 6.45) is 2.66. The fourth-order valence-electron chi connectivity index (χ4n) is 3.14. The van der Waals surface area contributed by atoms with Crippen LogP contribution in [0.1, 0.15) is 35.0 Å². The molecule has 3 heteroatoms. The first-order valence-electron chi connectivity index (χ1n) is 6.90. The van der Waals surface area contributed by atoms with E-state index in [0.717, 1.165) is 30.5 Å². The average molecular weight is 256 g/mol. The van der Waals surface area contributed by atoms with E-state index < -0.39 is 0 Å². The van der Waals surface area contributed by atoms with Crippen LogP contribution >= 0.6 is 0 Å². The smallest absolute Gasteiger partial charge is 0.0824 e. The molecule has 1 aromatic heterocycles. The summed E-state index contributed by atoms with van der Waals surface area (Å²) in [5, 5.41) is 14.9. The van der Waals surface area contributed by atoms with Gasteiger partial charge in [0.2, 0.25) is 0 Å². The maximum Gasteiger partial charge on any atom is 0.0824 e. The molecule has 100 valence electrons. The summed E-state index contributed by atoms with van der Waals surface area (Å²) in [6.45, 7) is 2.01. The summed E-state index contributed by atoms with van der Waals surface area (Å²) < 4.78 is 1.93. The molecule has 0 amide bonds. The Bertz CT molecular complexity index is 588. The van der Waals surface area contributed by atoms with E-state index in [1.165, 1.54) is 11.3 Å². The molecule has 0 saturated carbocycles. The first kappa shape index (κ1) is 12.4. The number of fused-ring (bicyclic) bond motifs is 1. The fraction of sp³-hybridized carbons (Fsp3) is 0.438. The van der Waals surface area contributed by atoms with Crippen molar-refractivity contribution in [3.63, 3.8) is 0 Å². The quantitative estimate of drug-likeness (QED) is 0.896. The van der Waals surface area contributed by atoms with E-state index in [4.69, 9.17) is 0 Å². The summed E-state index contributed by atoms with van der Waals surface area (Å²) in [7, 11) is 1.98. The molecule has 0 radical (unpaired) electrons. The molecule has 0 spiro atoms. The van der Waals surface area contributed by atoms with Gasteiger partial charge in [-0.05, 0) is 49.3 Å². The topological polar surface area (TPSA) is 38.0 Å². The number of aryl methyl sites for hydroxylation is 3. The Labute approximate surface area is 113 Å². The highest BCUT2D eigenvalue weighted by Crippen LogP contribution is 2.36. The molecule has 1 aromatic carbocycles. The third kappa shape index (κ3) is 2.30. The van der Waals surface area contributed by atoms with Crippen LogP contribution in [0.4, 0.5) is 0 Å². The van der Waals surface area contributed by atoms with Crippen LogP contribution in [0.3, 0.4) is 0 Å². The first-order valence-corrected chi connectivity index (χ1v) is 6.90. The van der Waals surface area contributed by atoms with Gasteiger partial charge in [0.25, 0.3) is 0 Å². The van der Waals surface area contributed by atoms with Gasteiger partial charge in [0, 0.05) is 12.7 Å². The van der Waals surface area contributed by atoms with Crippen LogP contribution in [-0.4, -0.2) is 14.9 Å². The zero-order valence-electron chi connectivity index (χ0n) is 11.5. The van der Waals surface area contributed by atoms with Crippen LogP contribution < -0.4 is 0 Å². The second-order valence-corrected chi connectivity index (χ2v) is 5.55. The van der Waals surface area contributed by atoms with E-state index in [0.29, 0.717) is 5.92 Å². The SMILES string of the molecule is Cc1cc(CC2CCc3ccccc3C2O)n(C)n1. The van der Waals surface area contributed by atoms with E-state index in [2.05, 4.69) is 29.4 Å². The third-order valence-electron chi connectivity index (χ3n) is 4.17. The molecule has 0 bridgehead atoms. The van der Waals surface area contributed by atoms with Crippen molar-refractivity contribution in [1.29, 1.82) is 0 Å². The van der Waals surface area contributed by atoms with Crippen LogP contribution in [0.15, 0.2) is 30.3 Å². The van der Waals surface area contributed by atoms with E-state index in [-0.39, 0.29) is 6.10 Å². The lowest BCUT2D eigenvalue weighted by Gasteiger charge is -2.30. The van der Waals surface area contributed by atoms with Crippen LogP contribution in [0.2, 0.25) is 0 Å². The molecule has 2 unspecified atom stereocenters. The molecule has 3 rings (SSSR count). The van der Waals surface area contributed by atoms with Crippen LogP contribution in [0.25, 0.3) is 0 Å². The second-order valence-electron chi connectivity index (χ2n) is 5.55. The van der Waals surface area contributed by atoms with Gasteiger partial charge in [0.1, 0.15) is 0 Å². The van der Waals surface area contributed by atoms with Gasteiger partial charge >= 0.3 is 0 Å². The van der Waals surface area contributed by atoms with Gasteiger partial charge in [-0.15, -0.1) is 0 Å². The molecule has 0 fully saturated rings. The molecular weight excluding hydrogens is 236 g/mol. The van der Waals surface area contributed by atoms with E-state index >= 15 is 0 Å². The van der Waals surface area contributed by atoms with Crippen molar-refractivity contribution in [2.75, 3.05) is 0 Å². The molecule has 0 aliphatic heterocycles. The minimum absolute atomic E-state index is 0.296. The van der Waals surface area contributed by atoms with Crippen LogP contribution in [0.5, 0.6) is 0 Å². The summed E-state index contributed by atoms with van der Waals surface area (Å²) in [5.74, 6) is 0.296. The Morgan fingerprint density at radius 1 is 1.37 bits per heavy atom. The third-order valence-corrected chi connectivity index (χ3v) is 4.17. The number of hydrogen-bond acceptors (Lipinski definition) is 2. The van der Waals surface area contributed by atoms with Gasteiger partial charge in [-0.3, -0.25) is 4.68 Å². The predicted molar refractivity (Wildman–Crippen MR) is 74.9 cm³/mol. The molecule has 1 heterocycles. The van der Waals surface area contributed by atoms with Crippen molar-refractivity contribution >= 4 is 0 Å². The van der Waals surface area contributed by atoms with Gasteiger partial charge < -0.3 is 5.11 Å². The van der Waals surface area contributed by atoms with Crippen LogP contribution in [0, 0.1) is 12.8 Å². The number of aromatic nitrogens is 2. The Kier molecular flexibility index (Phi) is 3.15. The highest BCUT2D eigenvalue weighted by atomic mass is 16.3. The number of aliphatic hydroxyl groups excluding tert-OH is 1. The zero-order chi connectivity index (χ0) is 13.4. The van der Waals surface area contributed by atoms with Gasteiger partial charge in [-0.2, -0.15) is 5.10 Å². The minimum Gasteiger partial charge on any atom is -0.388 e. The molecule has 2 atom stereocenters. The Hall–Kier alpha value is -1.61. The number of benzene rings is 1. The first-order chi connectivity index (χ1) is 9.15. The highest BCUT2D eigenvalue weighted by molar-refractivity contribution is 5.32. The maximum absolute atomic E-state index is 10.6. The van der Waals surface area contributed by atoms with Crippen molar-refractivity contribution in [1.82, 2.24) is 9.78 Å². The second kappa shape index (κ2) is 4.82. The molecule has 1 N–H and O–H groups in total. The van der Waals surface area contributed by atoms with Crippen molar-refractivity contribution in [2.24, 2.45) is 13.0 Å². The lowest BCUT2D eigenvalue weighted by molar-refractivity contribution is 0.0926. The van der Waals surface area contributed by atoms with E-state index in [9.17, 15) is 5.11 Å². The molecule has 0 saturated heterocycles. The number of nitrogens with zero attached hydrogens (tertiary/aromatic N) is 2. The highest BCUT2D eigenvalue weighted by Gasteiger charge is 2.28. The van der Waals surface area contributed by atoms with Gasteiger partial charge in [0.05, 0.1) is 11.8 Å². The summed E-state index contributed by atoms with van der Waals surface area (Å²) in [5.41, 5.74) is 4.66. The van der Waals surface area contributed by atoms with E-state index in [1.807, 2.05) is 24.7 Å². The molecule has 1 aliphatic carbocycles. The Morgan fingerprint density at radius 2 is 2.16 bits per heavy atom. The fourth-order valence-corrected chi connectivity index (χ4v) is 3.14. The van der Waals surface area contributed by atoms with E-state index in [1.54, 1.807) is 0 Å². The van der Waals surface area contributed by atoms with Crippen LogP contribution in [-0.2, 0) is 19.9 Å². The summed E-state index contributed by atoms with van der Waals surface area (Å²) in [4.78, 5) is 0. The lowest BCUT2D eigenvalue weighted by atomic mass is 9.79. The molecular formula is C16H20N2O. The van der Waals surface area contributed by atoms with Crippen molar-refractivity contribution in [2.45, 2.75) is 32.3 Å². The number of aliphatic hydroxyl groups is 1. The molecule has 3 nitrogen and oxygen atoms in total. The van der Waals surface area contributed by atoms with Crippen molar-refractivity contribution in [3.8, 4) is 0 Å². The summed E-state index contributed by atoms with van der Waals surface area (Å²) >= 11 is 0. The van der Waals surface area contributed by atoms with Gasteiger partial charge in [0.15, 0.2) is 0 Å². The largest absolute Gasteiger partial charge is 0.388 e. The standard InChI is InChI=1S/C16H20N2O/c1-11-9-14(18(2)17-11)10-13-8-7-12-5-3-4-6-15(12)16(13)19/h3-6,9,13,16,19H,7-8,10H2,1-2H3. The minimum atomic E-state index is -0.347. The predicted octanol–water partition coefficient (Wildman–Crippen LogP) is 2.57. The normalized spacial score (nSPS) is 22.3. The van der Waals surface area contributed by atoms with Crippen molar-refractivity contribution < 1.29 is 5.11 Å². The number of rotatable bonds is 2. The monoisotopic (exact) mass is 256 g/mol. The Morgan fingerprint density at radius 3 is 2.89 bits per heavy atom. The molecule has 19 heavy (non-hydrogen) atoms. The summed E-state index contributed by atoms with van der Waals surface area (Å²) in [6, 6.07) is 10.4. The maximum atomic E-state index is 10.6.